The second-order valence-corrected chi connectivity index (χ2v) is 8.13. The summed E-state index contributed by atoms with van der Waals surface area (Å²) >= 11 is 0. The number of hydrazine groups is 1. The van der Waals surface area contributed by atoms with E-state index in [0.717, 1.165) is 16.7 Å². The van der Waals surface area contributed by atoms with Crippen molar-refractivity contribution in [3.8, 4) is 0 Å². The number of aryl methyl sites for hydroxylation is 2. The summed E-state index contributed by atoms with van der Waals surface area (Å²) in [6, 6.07) is 17.0. The third-order valence-electron chi connectivity index (χ3n) is 6.25. The van der Waals surface area contributed by atoms with Crippen LogP contribution in [0.25, 0.3) is 0 Å². The van der Waals surface area contributed by atoms with Crippen molar-refractivity contribution in [3.63, 3.8) is 0 Å². The van der Waals surface area contributed by atoms with Crippen molar-refractivity contribution in [1.29, 1.82) is 0 Å². The molecule has 3 aromatic rings. The van der Waals surface area contributed by atoms with Gasteiger partial charge >= 0.3 is 5.69 Å². The van der Waals surface area contributed by atoms with Crippen LogP contribution in [0.2, 0.25) is 0 Å². The molecule has 3 unspecified atom stereocenters. The normalized spacial score (nSPS) is 23.4. The summed E-state index contributed by atoms with van der Waals surface area (Å²) in [6.45, 7) is 4.13. The Morgan fingerprint density at radius 1 is 1.03 bits per heavy atom. The molecule has 1 amide bonds. The minimum absolute atomic E-state index is 0.00731. The van der Waals surface area contributed by atoms with Gasteiger partial charge in [-0.2, -0.15) is 0 Å². The molecule has 0 saturated carbocycles. The molecule has 0 bridgehead atoms. The van der Waals surface area contributed by atoms with Crippen LogP contribution in [0.1, 0.15) is 52.6 Å². The van der Waals surface area contributed by atoms with Gasteiger partial charge in [-0.3, -0.25) is 19.9 Å². The lowest BCUT2D eigenvalue weighted by molar-refractivity contribution is -0.386. The molecule has 1 aromatic heterocycles. The van der Waals surface area contributed by atoms with Crippen molar-refractivity contribution in [3.05, 3.63) is 92.9 Å². The Balaban J connectivity index is 1.75. The van der Waals surface area contributed by atoms with Gasteiger partial charge in [-0.15, -0.1) is 0 Å². The molecule has 2 aliphatic heterocycles. The maximum absolute atomic E-state index is 13.0. The third kappa shape index (κ3) is 3.02. The third-order valence-corrected chi connectivity index (χ3v) is 6.25. The van der Waals surface area contributed by atoms with Gasteiger partial charge in [0.15, 0.2) is 5.69 Å². The lowest BCUT2D eigenvalue weighted by Gasteiger charge is -2.27. The Bertz CT molecular complexity index is 1140. The van der Waals surface area contributed by atoms with Crippen LogP contribution in [-0.4, -0.2) is 32.5 Å². The second-order valence-electron chi connectivity index (χ2n) is 8.13. The zero-order valence-electron chi connectivity index (χ0n) is 17.3. The molecule has 0 spiro atoms. The summed E-state index contributed by atoms with van der Waals surface area (Å²) in [5, 5.41) is 19.6. The number of hydrogen-bond acceptors (Lipinski definition) is 6. The van der Waals surface area contributed by atoms with E-state index < -0.39 is 16.9 Å². The van der Waals surface area contributed by atoms with Gasteiger partial charge in [0, 0.05) is 13.0 Å². The first-order valence-corrected chi connectivity index (χ1v) is 10.3. The molecule has 5 rings (SSSR count). The Morgan fingerprint density at radius 2 is 1.71 bits per heavy atom. The fraction of sp³-hybridized carbons (Fsp3) is 0.304. The fourth-order valence-electron chi connectivity index (χ4n) is 4.93. The summed E-state index contributed by atoms with van der Waals surface area (Å²) in [6.07, 6.45) is 0.413. The van der Waals surface area contributed by atoms with E-state index in [4.69, 9.17) is 4.52 Å². The number of amides is 1. The molecule has 2 fully saturated rings. The highest BCUT2D eigenvalue weighted by molar-refractivity contribution is 5.79. The lowest BCUT2D eigenvalue weighted by atomic mass is 9.82. The maximum Gasteiger partial charge on any atom is 0.334 e. The van der Waals surface area contributed by atoms with Gasteiger partial charge in [0.1, 0.15) is 0 Å². The Kier molecular flexibility index (Phi) is 4.59. The molecule has 0 aliphatic carbocycles. The van der Waals surface area contributed by atoms with Gasteiger partial charge in [0.2, 0.25) is 11.7 Å². The molecule has 2 aliphatic rings. The van der Waals surface area contributed by atoms with E-state index in [1.165, 1.54) is 0 Å². The van der Waals surface area contributed by atoms with E-state index >= 15 is 0 Å². The Morgan fingerprint density at radius 3 is 2.39 bits per heavy atom. The van der Waals surface area contributed by atoms with Crippen LogP contribution in [0.4, 0.5) is 5.69 Å². The minimum Gasteiger partial charge on any atom is -0.353 e. The molecule has 0 N–H and O–H groups in total. The molecule has 2 saturated heterocycles. The van der Waals surface area contributed by atoms with Crippen molar-refractivity contribution in [2.75, 3.05) is 6.54 Å². The van der Waals surface area contributed by atoms with E-state index in [1.807, 2.05) is 66.5 Å². The summed E-state index contributed by atoms with van der Waals surface area (Å²) in [5.41, 5.74) is 3.12. The molecule has 8 nitrogen and oxygen atoms in total. The number of rotatable bonds is 4. The Labute approximate surface area is 179 Å². The molecule has 3 heterocycles. The molecule has 2 aromatic carbocycles. The first-order valence-electron chi connectivity index (χ1n) is 10.3. The van der Waals surface area contributed by atoms with Gasteiger partial charge in [-0.25, -0.2) is 5.01 Å². The van der Waals surface area contributed by atoms with Crippen LogP contribution >= 0.6 is 0 Å². The number of carbonyl (C=O) groups is 1. The molecule has 158 valence electrons. The number of benzene rings is 2. The van der Waals surface area contributed by atoms with Crippen molar-refractivity contribution >= 4 is 11.6 Å². The SMILES string of the molecule is Cc1ccc(C2C(c3onc(C)c3[N+](=O)[O-])C(c3ccccc3)N3CCC(=O)N23)cc1. The standard InChI is InChI=1S/C23H22N4O4/c1-14-8-10-17(11-9-14)22-19(23-20(27(29)30)15(2)24-31-23)21(16-6-4-3-5-7-16)25-13-12-18(28)26(22)25/h3-11,19,21-22H,12-13H2,1-2H3. The quantitative estimate of drug-likeness (QED) is 0.465. The molecule has 31 heavy (non-hydrogen) atoms. The highest BCUT2D eigenvalue weighted by atomic mass is 16.6. The molecule has 3 atom stereocenters. The van der Waals surface area contributed by atoms with Gasteiger partial charge in [0.25, 0.3) is 0 Å². The number of hydrogen-bond donors (Lipinski definition) is 0. The monoisotopic (exact) mass is 418 g/mol. The second kappa shape index (κ2) is 7.31. The van der Waals surface area contributed by atoms with Crippen molar-refractivity contribution < 1.29 is 14.2 Å². The molecule has 0 radical (unpaired) electrons. The molecule has 8 heteroatoms. The van der Waals surface area contributed by atoms with Gasteiger partial charge in [-0.05, 0) is 25.0 Å². The minimum atomic E-state index is -0.476. The first kappa shape index (κ1) is 19.4. The van der Waals surface area contributed by atoms with E-state index in [0.29, 0.717) is 13.0 Å². The van der Waals surface area contributed by atoms with Gasteiger partial charge in [0.05, 0.1) is 22.9 Å². The van der Waals surface area contributed by atoms with E-state index in [2.05, 4.69) is 5.16 Å². The van der Waals surface area contributed by atoms with Crippen LogP contribution in [0.5, 0.6) is 0 Å². The highest BCUT2D eigenvalue weighted by Crippen LogP contribution is 2.57. The average molecular weight is 418 g/mol. The summed E-state index contributed by atoms with van der Waals surface area (Å²) < 4.78 is 5.61. The van der Waals surface area contributed by atoms with Crippen LogP contribution < -0.4 is 0 Å². The van der Waals surface area contributed by atoms with Crippen LogP contribution in [0, 0.1) is 24.0 Å². The van der Waals surface area contributed by atoms with Crippen LogP contribution in [0.3, 0.4) is 0 Å². The number of fused-ring (bicyclic) bond motifs is 1. The van der Waals surface area contributed by atoms with E-state index in [-0.39, 0.29) is 29.1 Å². The largest absolute Gasteiger partial charge is 0.353 e. The topological polar surface area (TPSA) is 92.7 Å². The van der Waals surface area contributed by atoms with Crippen molar-refractivity contribution in [2.24, 2.45) is 0 Å². The Hall–Kier alpha value is -3.52. The summed E-state index contributed by atoms with van der Waals surface area (Å²) in [5.74, 6) is -0.256. The predicted molar refractivity (Wildman–Crippen MR) is 112 cm³/mol. The zero-order valence-corrected chi connectivity index (χ0v) is 17.3. The smallest absolute Gasteiger partial charge is 0.334 e. The highest BCUT2D eigenvalue weighted by Gasteiger charge is 2.57. The fourth-order valence-corrected chi connectivity index (χ4v) is 4.93. The number of aromatic nitrogens is 1. The van der Waals surface area contributed by atoms with Crippen LogP contribution in [-0.2, 0) is 4.79 Å². The lowest BCUT2D eigenvalue weighted by Crippen LogP contribution is -2.35. The van der Waals surface area contributed by atoms with Crippen molar-refractivity contribution in [2.45, 2.75) is 38.3 Å². The average Bonchev–Trinajstić information content (AvgIpc) is 3.42. The molecular formula is C23H22N4O4. The molecular weight excluding hydrogens is 396 g/mol. The van der Waals surface area contributed by atoms with Crippen molar-refractivity contribution in [1.82, 2.24) is 15.2 Å². The first-order chi connectivity index (χ1) is 15.0. The van der Waals surface area contributed by atoms with E-state index in [9.17, 15) is 14.9 Å². The van der Waals surface area contributed by atoms with Gasteiger partial charge < -0.3 is 4.52 Å². The van der Waals surface area contributed by atoms with Gasteiger partial charge in [-0.1, -0.05) is 65.3 Å². The summed E-state index contributed by atoms with van der Waals surface area (Å²) in [4.78, 5) is 24.5. The number of nitro groups is 1. The number of carbonyl (C=O) groups excluding carboxylic acids is 1. The van der Waals surface area contributed by atoms with Crippen LogP contribution in [0.15, 0.2) is 59.1 Å². The number of nitrogens with zero attached hydrogens (tertiary/aromatic N) is 4. The predicted octanol–water partition coefficient (Wildman–Crippen LogP) is 4.23. The van der Waals surface area contributed by atoms with E-state index in [1.54, 1.807) is 11.9 Å². The summed E-state index contributed by atoms with van der Waals surface area (Å²) in [7, 11) is 0. The maximum atomic E-state index is 13.0. The zero-order chi connectivity index (χ0) is 21.7.